The first kappa shape index (κ1) is 13.4. The summed E-state index contributed by atoms with van der Waals surface area (Å²) in [6.07, 6.45) is 6.90. The second-order valence-corrected chi connectivity index (χ2v) is 5.90. The Morgan fingerprint density at radius 2 is 1.85 bits per heavy atom. The van der Waals surface area contributed by atoms with Crippen LogP contribution in [-0.2, 0) is 6.54 Å². The molecular formula is C18H23NO. The number of hydrogen-bond donors (Lipinski definition) is 2. The molecule has 0 saturated heterocycles. The predicted octanol–water partition coefficient (Wildman–Crippen LogP) is 4.22. The highest BCUT2D eigenvalue weighted by atomic mass is 16.3. The van der Waals surface area contributed by atoms with Crippen molar-refractivity contribution in [3.8, 4) is 5.75 Å². The zero-order valence-corrected chi connectivity index (χ0v) is 11.9. The summed E-state index contributed by atoms with van der Waals surface area (Å²) < 4.78 is 0. The van der Waals surface area contributed by atoms with Crippen LogP contribution < -0.4 is 5.32 Å². The number of benzene rings is 2. The summed E-state index contributed by atoms with van der Waals surface area (Å²) in [6.45, 7) is 1.80. The first-order valence-corrected chi connectivity index (χ1v) is 7.75. The Bertz CT molecular complexity index is 573. The molecule has 2 aromatic rings. The molecule has 0 aliphatic heterocycles. The van der Waals surface area contributed by atoms with Gasteiger partial charge in [0.2, 0.25) is 0 Å². The number of nitrogens with one attached hydrogen (secondary N) is 1. The van der Waals surface area contributed by atoms with Gasteiger partial charge in [-0.2, -0.15) is 0 Å². The number of phenols is 1. The molecule has 1 aliphatic rings. The molecule has 1 aliphatic carbocycles. The van der Waals surface area contributed by atoms with Crippen LogP contribution in [0, 0.1) is 5.92 Å². The molecule has 1 saturated carbocycles. The summed E-state index contributed by atoms with van der Waals surface area (Å²) in [6, 6.07) is 12.0. The lowest BCUT2D eigenvalue weighted by molar-refractivity contribution is 0.456. The summed E-state index contributed by atoms with van der Waals surface area (Å²) in [7, 11) is 0. The fourth-order valence-corrected chi connectivity index (χ4v) is 3.33. The Hall–Kier alpha value is -1.54. The maximum atomic E-state index is 10.1. The van der Waals surface area contributed by atoms with E-state index in [0.717, 1.165) is 30.0 Å². The minimum atomic E-state index is 0.400. The minimum absolute atomic E-state index is 0.400. The molecule has 2 nitrogen and oxygen atoms in total. The van der Waals surface area contributed by atoms with Crippen LogP contribution in [0.2, 0.25) is 0 Å². The highest BCUT2D eigenvalue weighted by Crippen LogP contribution is 2.28. The van der Waals surface area contributed by atoms with Crippen molar-refractivity contribution in [1.82, 2.24) is 5.32 Å². The molecule has 0 atom stereocenters. The third-order valence-corrected chi connectivity index (χ3v) is 4.52. The molecule has 0 aromatic heterocycles. The zero-order chi connectivity index (χ0) is 13.8. The van der Waals surface area contributed by atoms with E-state index in [4.69, 9.17) is 0 Å². The molecule has 0 heterocycles. The molecule has 0 radical (unpaired) electrons. The SMILES string of the molecule is Oc1ccc2ccccc2c1CNCCC1CCCC1. The number of phenolic OH excluding ortho intramolecular Hbond substituents is 1. The number of hydrogen-bond acceptors (Lipinski definition) is 2. The fraction of sp³-hybridized carbons (Fsp3) is 0.444. The Kier molecular flexibility index (Phi) is 4.22. The molecule has 20 heavy (non-hydrogen) atoms. The highest BCUT2D eigenvalue weighted by Gasteiger charge is 2.14. The lowest BCUT2D eigenvalue weighted by Gasteiger charge is -2.12. The van der Waals surface area contributed by atoms with Crippen LogP contribution in [0.25, 0.3) is 10.8 Å². The van der Waals surface area contributed by atoms with Crippen LogP contribution in [-0.4, -0.2) is 11.7 Å². The van der Waals surface area contributed by atoms with E-state index in [1.807, 2.05) is 18.2 Å². The van der Waals surface area contributed by atoms with Crippen molar-refractivity contribution in [3.05, 3.63) is 42.0 Å². The fourth-order valence-electron chi connectivity index (χ4n) is 3.33. The van der Waals surface area contributed by atoms with Crippen LogP contribution in [0.1, 0.15) is 37.7 Å². The second-order valence-electron chi connectivity index (χ2n) is 5.90. The topological polar surface area (TPSA) is 32.3 Å². The van der Waals surface area contributed by atoms with Crippen LogP contribution in [0.5, 0.6) is 5.75 Å². The van der Waals surface area contributed by atoms with E-state index in [9.17, 15) is 5.11 Å². The number of fused-ring (bicyclic) bond motifs is 1. The van der Waals surface area contributed by atoms with Gasteiger partial charge in [-0.15, -0.1) is 0 Å². The lowest BCUT2D eigenvalue weighted by Crippen LogP contribution is -2.17. The van der Waals surface area contributed by atoms with Crippen molar-refractivity contribution in [2.45, 2.75) is 38.6 Å². The van der Waals surface area contributed by atoms with Crippen LogP contribution in [0.4, 0.5) is 0 Å². The predicted molar refractivity (Wildman–Crippen MR) is 83.9 cm³/mol. The highest BCUT2D eigenvalue weighted by molar-refractivity contribution is 5.87. The Morgan fingerprint density at radius 3 is 2.70 bits per heavy atom. The molecule has 106 valence electrons. The molecule has 2 heteroatoms. The van der Waals surface area contributed by atoms with Crippen LogP contribution >= 0.6 is 0 Å². The molecular weight excluding hydrogens is 246 g/mol. The standard InChI is InChI=1S/C18H23NO/c20-18-10-9-15-7-3-4-8-16(15)17(18)13-19-12-11-14-5-1-2-6-14/h3-4,7-10,14,19-20H,1-2,5-6,11-13H2. The van der Waals surface area contributed by atoms with Gasteiger partial charge in [0.15, 0.2) is 0 Å². The summed E-state index contributed by atoms with van der Waals surface area (Å²) in [4.78, 5) is 0. The van der Waals surface area contributed by atoms with Crippen LogP contribution in [0.15, 0.2) is 36.4 Å². The van der Waals surface area contributed by atoms with Gasteiger partial charge in [0, 0.05) is 12.1 Å². The molecule has 2 aromatic carbocycles. The van der Waals surface area contributed by atoms with Gasteiger partial charge in [0.25, 0.3) is 0 Å². The molecule has 0 unspecified atom stereocenters. The third-order valence-electron chi connectivity index (χ3n) is 4.52. The smallest absolute Gasteiger partial charge is 0.120 e. The van der Waals surface area contributed by atoms with Crippen LogP contribution in [0.3, 0.4) is 0 Å². The van der Waals surface area contributed by atoms with Gasteiger partial charge in [-0.05, 0) is 35.7 Å². The Morgan fingerprint density at radius 1 is 1.05 bits per heavy atom. The largest absolute Gasteiger partial charge is 0.508 e. The van der Waals surface area contributed by atoms with E-state index in [0.29, 0.717) is 5.75 Å². The van der Waals surface area contributed by atoms with Crippen molar-refractivity contribution in [1.29, 1.82) is 0 Å². The van der Waals surface area contributed by atoms with Crippen molar-refractivity contribution in [2.24, 2.45) is 5.92 Å². The van der Waals surface area contributed by atoms with Gasteiger partial charge < -0.3 is 10.4 Å². The van der Waals surface area contributed by atoms with E-state index in [1.54, 1.807) is 6.07 Å². The zero-order valence-electron chi connectivity index (χ0n) is 11.9. The molecule has 0 amide bonds. The molecule has 0 bridgehead atoms. The minimum Gasteiger partial charge on any atom is -0.508 e. The normalized spacial score (nSPS) is 16.0. The molecule has 2 N–H and O–H groups in total. The van der Waals surface area contributed by atoms with Gasteiger partial charge >= 0.3 is 0 Å². The number of rotatable bonds is 5. The summed E-state index contributed by atoms with van der Waals surface area (Å²) in [5.74, 6) is 1.32. The van der Waals surface area contributed by atoms with Crippen molar-refractivity contribution < 1.29 is 5.11 Å². The van der Waals surface area contributed by atoms with E-state index < -0.39 is 0 Å². The molecule has 3 rings (SSSR count). The van der Waals surface area contributed by atoms with E-state index in [1.165, 1.54) is 37.5 Å². The summed E-state index contributed by atoms with van der Waals surface area (Å²) in [5, 5.41) is 15.9. The summed E-state index contributed by atoms with van der Waals surface area (Å²) >= 11 is 0. The van der Waals surface area contributed by atoms with E-state index in [-0.39, 0.29) is 0 Å². The lowest BCUT2D eigenvalue weighted by atomic mass is 10.0. The van der Waals surface area contributed by atoms with Crippen molar-refractivity contribution >= 4 is 10.8 Å². The summed E-state index contributed by atoms with van der Waals surface area (Å²) in [5.41, 5.74) is 1.02. The average Bonchev–Trinajstić information content (AvgIpc) is 2.98. The van der Waals surface area contributed by atoms with Crippen molar-refractivity contribution in [3.63, 3.8) is 0 Å². The molecule has 0 spiro atoms. The monoisotopic (exact) mass is 269 g/mol. The van der Waals surface area contributed by atoms with Gasteiger partial charge in [0.05, 0.1) is 0 Å². The third kappa shape index (κ3) is 2.96. The quantitative estimate of drug-likeness (QED) is 0.797. The Labute approximate surface area is 120 Å². The maximum Gasteiger partial charge on any atom is 0.120 e. The van der Waals surface area contributed by atoms with E-state index in [2.05, 4.69) is 17.4 Å². The van der Waals surface area contributed by atoms with E-state index >= 15 is 0 Å². The molecule has 1 fully saturated rings. The van der Waals surface area contributed by atoms with Gasteiger partial charge in [-0.3, -0.25) is 0 Å². The maximum absolute atomic E-state index is 10.1. The van der Waals surface area contributed by atoms with Gasteiger partial charge in [-0.25, -0.2) is 0 Å². The Balaban J connectivity index is 1.63. The first-order valence-electron chi connectivity index (χ1n) is 7.75. The second kappa shape index (κ2) is 6.27. The van der Waals surface area contributed by atoms with Crippen molar-refractivity contribution in [2.75, 3.05) is 6.54 Å². The number of aromatic hydroxyl groups is 1. The average molecular weight is 269 g/mol. The first-order chi connectivity index (χ1) is 9.84. The van der Waals surface area contributed by atoms with Gasteiger partial charge in [0.1, 0.15) is 5.75 Å². The van der Waals surface area contributed by atoms with Gasteiger partial charge in [-0.1, -0.05) is 56.0 Å².